The van der Waals surface area contributed by atoms with Crippen molar-refractivity contribution >= 4 is 5.78 Å². The zero-order valence-electron chi connectivity index (χ0n) is 23.8. The van der Waals surface area contributed by atoms with Crippen LogP contribution in [0.2, 0.25) is 0 Å². The number of hydrogen-bond donors (Lipinski definition) is 0. The highest BCUT2D eigenvalue weighted by Crippen LogP contribution is 2.33. The van der Waals surface area contributed by atoms with Crippen LogP contribution in [0.3, 0.4) is 0 Å². The Morgan fingerprint density at radius 3 is 1.91 bits per heavy atom. The van der Waals surface area contributed by atoms with Crippen LogP contribution in [-0.4, -0.2) is 5.78 Å². The molecule has 0 spiro atoms. The first-order valence-electron chi connectivity index (χ1n) is 12.5. The SMILES string of the molecule is C=C=C(C)C1=C(C)CC(CC(=O)c2ccc(C)cc2C(C)(C)C)=C1.CC.CC.CC.CC. The number of Topliss-reactive ketones (excluding diaryl/α,β-unsaturated/α-hetero) is 1. The Morgan fingerprint density at radius 1 is 0.969 bits per heavy atom. The summed E-state index contributed by atoms with van der Waals surface area (Å²) < 4.78 is 0. The van der Waals surface area contributed by atoms with E-state index in [2.05, 4.69) is 59.1 Å². The Morgan fingerprint density at radius 2 is 1.47 bits per heavy atom. The number of ketones is 1. The van der Waals surface area contributed by atoms with Crippen molar-refractivity contribution in [3.63, 3.8) is 0 Å². The second-order valence-electron chi connectivity index (χ2n) is 7.87. The molecule has 32 heavy (non-hydrogen) atoms. The van der Waals surface area contributed by atoms with Gasteiger partial charge in [-0.05, 0) is 49.3 Å². The second-order valence-corrected chi connectivity index (χ2v) is 7.87. The minimum absolute atomic E-state index is 0.0391. The van der Waals surface area contributed by atoms with Crippen molar-refractivity contribution in [2.45, 2.75) is 115 Å². The number of carbonyl (C=O) groups excluding carboxylic acids is 1. The number of allylic oxidation sites excluding steroid dienone is 5. The molecule has 1 aliphatic rings. The van der Waals surface area contributed by atoms with Gasteiger partial charge in [0.25, 0.3) is 0 Å². The van der Waals surface area contributed by atoms with Gasteiger partial charge in [0.1, 0.15) is 0 Å². The number of carbonyl (C=O) groups is 1. The van der Waals surface area contributed by atoms with Crippen LogP contribution in [0.25, 0.3) is 0 Å². The minimum atomic E-state index is -0.0391. The molecule has 182 valence electrons. The van der Waals surface area contributed by atoms with Crippen molar-refractivity contribution in [3.8, 4) is 0 Å². The summed E-state index contributed by atoms with van der Waals surface area (Å²) in [6.07, 6.45) is 3.50. The monoisotopic (exact) mass is 440 g/mol. The summed E-state index contributed by atoms with van der Waals surface area (Å²) in [6.45, 7) is 32.4. The van der Waals surface area contributed by atoms with Crippen molar-refractivity contribution in [3.05, 3.63) is 75.6 Å². The lowest BCUT2D eigenvalue weighted by atomic mass is 9.81. The fourth-order valence-electron chi connectivity index (χ4n) is 3.27. The van der Waals surface area contributed by atoms with Gasteiger partial charge in [-0.15, -0.1) is 5.73 Å². The van der Waals surface area contributed by atoms with Crippen LogP contribution in [0, 0.1) is 6.92 Å². The van der Waals surface area contributed by atoms with Gasteiger partial charge in [0, 0.05) is 12.0 Å². The number of hydrogen-bond acceptors (Lipinski definition) is 1. The molecular formula is C31H52O. The minimum Gasteiger partial charge on any atom is -0.294 e. The van der Waals surface area contributed by atoms with E-state index in [1.807, 2.05) is 74.4 Å². The van der Waals surface area contributed by atoms with Gasteiger partial charge >= 0.3 is 0 Å². The molecular weight excluding hydrogens is 388 g/mol. The molecule has 0 N–H and O–H groups in total. The molecule has 0 saturated heterocycles. The first-order chi connectivity index (χ1) is 15.1. The molecule has 0 heterocycles. The van der Waals surface area contributed by atoms with Crippen LogP contribution >= 0.6 is 0 Å². The average molecular weight is 441 g/mol. The molecule has 0 fully saturated rings. The molecule has 0 bridgehead atoms. The van der Waals surface area contributed by atoms with Crippen molar-refractivity contribution < 1.29 is 4.79 Å². The highest BCUT2D eigenvalue weighted by Gasteiger charge is 2.23. The summed E-state index contributed by atoms with van der Waals surface area (Å²) in [6, 6.07) is 6.17. The molecule has 1 nitrogen and oxygen atoms in total. The molecule has 0 aliphatic heterocycles. The first kappa shape index (κ1) is 34.5. The zero-order chi connectivity index (χ0) is 26.1. The third kappa shape index (κ3) is 11.0. The Hall–Kier alpha value is -2.11. The fraction of sp³-hybridized carbons (Fsp3) is 0.548. The van der Waals surface area contributed by atoms with E-state index in [4.69, 9.17) is 0 Å². The summed E-state index contributed by atoms with van der Waals surface area (Å²) in [4.78, 5) is 12.9. The van der Waals surface area contributed by atoms with Gasteiger partial charge in [0.2, 0.25) is 0 Å². The molecule has 0 aromatic heterocycles. The lowest BCUT2D eigenvalue weighted by Gasteiger charge is -2.23. The molecule has 0 radical (unpaired) electrons. The van der Waals surface area contributed by atoms with Crippen molar-refractivity contribution in [2.75, 3.05) is 0 Å². The van der Waals surface area contributed by atoms with E-state index in [-0.39, 0.29) is 11.2 Å². The van der Waals surface area contributed by atoms with Crippen molar-refractivity contribution in [1.82, 2.24) is 0 Å². The Balaban J connectivity index is -0.000000945. The van der Waals surface area contributed by atoms with Crippen LogP contribution in [0.15, 0.2) is 58.9 Å². The largest absolute Gasteiger partial charge is 0.294 e. The fourth-order valence-corrected chi connectivity index (χ4v) is 3.27. The molecule has 1 aromatic rings. The quantitative estimate of drug-likeness (QED) is 0.336. The standard InChI is InChI=1S/C23H28O.4C2H6/c1-8-16(3)20-13-18(12-17(20)4)14-22(24)19-10-9-15(2)11-21(19)23(5,6)7;4*1-2/h9-11,13H,1,12,14H2,2-7H3;4*1-2H3. The van der Waals surface area contributed by atoms with Gasteiger partial charge in [-0.1, -0.05) is 124 Å². The predicted octanol–water partition coefficient (Wildman–Crippen LogP) is 10.3. The Kier molecular flexibility index (Phi) is 19.9. The van der Waals surface area contributed by atoms with Crippen LogP contribution < -0.4 is 0 Å². The molecule has 2 rings (SSSR count). The van der Waals surface area contributed by atoms with Gasteiger partial charge in [-0.25, -0.2) is 0 Å². The third-order valence-electron chi connectivity index (χ3n) is 4.64. The summed E-state index contributed by atoms with van der Waals surface area (Å²) in [5.41, 5.74) is 10.8. The number of aryl methyl sites for hydroxylation is 1. The van der Waals surface area contributed by atoms with E-state index in [1.54, 1.807) is 0 Å². The van der Waals surface area contributed by atoms with E-state index in [0.29, 0.717) is 6.42 Å². The Bertz CT molecular complexity index is 788. The van der Waals surface area contributed by atoms with Gasteiger partial charge in [-0.3, -0.25) is 4.79 Å². The molecule has 1 aliphatic carbocycles. The maximum Gasteiger partial charge on any atom is 0.167 e. The predicted molar refractivity (Wildman–Crippen MR) is 148 cm³/mol. The van der Waals surface area contributed by atoms with E-state index in [1.165, 1.54) is 22.3 Å². The van der Waals surface area contributed by atoms with E-state index in [9.17, 15) is 4.79 Å². The van der Waals surface area contributed by atoms with Crippen LogP contribution in [-0.2, 0) is 5.41 Å². The lowest BCUT2D eigenvalue weighted by molar-refractivity contribution is 0.0990. The van der Waals surface area contributed by atoms with Gasteiger partial charge in [-0.2, -0.15) is 0 Å². The van der Waals surface area contributed by atoms with Crippen LogP contribution in [0.5, 0.6) is 0 Å². The second kappa shape index (κ2) is 18.5. The Labute approximate surface area is 201 Å². The third-order valence-corrected chi connectivity index (χ3v) is 4.64. The first-order valence-corrected chi connectivity index (χ1v) is 12.5. The summed E-state index contributed by atoms with van der Waals surface area (Å²) in [5, 5.41) is 0. The van der Waals surface area contributed by atoms with Gasteiger partial charge < -0.3 is 0 Å². The molecule has 0 saturated carbocycles. The number of rotatable bonds is 4. The maximum atomic E-state index is 12.9. The normalized spacial score (nSPS) is 11.6. The summed E-state index contributed by atoms with van der Waals surface area (Å²) >= 11 is 0. The number of benzene rings is 1. The van der Waals surface area contributed by atoms with Gasteiger partial charge in [0.05, 0.1) is 0 Å². The van der Waals surface area contributed by atoms with E-state index in [0.717, 1.165) is 23.1 Å². The van der Waals surface area contributed by atoms with Crippen LogP contribution in [0.1, 0.15) is 124 Å². The average Bonchev–Trinajstić information content (AvgIpc) is 3.17. The highest BCUT2D eigenvalue weighted by atomic mass is 16.1. The van der Waals surface area contributed by atoms with E-state index < -0.39 is 0 Å². The zero-order valence-corrected chi connectivity index (χ0v) is 23.8. The van der Waals surface area contributed by atoms with E-state index >= 15 is 0 Å². The van der Waals surface area contributed by atoms with Crippen molar-refractivity contribution in [1.29, 1.82) is 0 Å². The molecule has 0 amide bonds. The van der Waals surface area contributed by atoms with Crippen molar-refractivity contribution in [2.24, 2.45) is 0 Å². The topological polar surface area (TPSA) is 17.1 Å². The summed E-state index contributed by atoms with van der Waals surface area (Å²) in [5.74, 6) is 0.209. The highest BCUT2D eigenvalue weighted by molar-refractivity contribution is 5.99. The smallest absolute Gasteiger partial charge is 0.167 e. The molecule has 1 heteroatoms. The van der Waals surface area contributed by atoms with Gasteiger partial charge in [0.15, 0.2) is 5.78 Å². The van der Waals surface area contributed by atoms with Crippen LogP contribution in [0.4, 0.5) is 0 Å². The molecule has 1 aromatic carbocycles. The molecule has 0 unspecified atom stereocenters. The summed E-state index contributed by atoms with van der Waals surface area (Å²) in [7, 11) is 0. The lowest BCUT2D eigenvalue weighted by Crippen LogP contribution is -2.17. The molecule has 0 atom stereocenters. The maximum absolute atomic E-state index is 12.9.